The Hall–Kier alpha value is -0.930. The lowest BCUT2D eigenvalue weighted by molar-refractivity contribution is 0.162. The molecule has 1 aromatic rings. The number of hydrogen-bond donors (Lipinski definition) is 2. The summed E-state index contributed by atoms with van der Waals surface area (Å²) in [6.07, 6.45) is 5.77. The van der Waals surface area contributed by atoms with Crippen LogP contribution in [0.2, 0.25) is 0 Å². The Morgan fingerprint density at radius 2 is 2.21 bits per heavy atom. The van der Waals surface area contributed by atoms with Crippen molar-refractivity contribution < 1.29 is 5.11 Å². The summed E-state index contributed by atoms with van der Waals surface area (Å²) in [5.41, 5.74) is 1.11. The first kappa shape index (κ1) is 9.62. The first-order valence-corrected chi connectivity index (χ1v) is 5.09. The van der Waals surface area contributed by atoms with Crippen LogP contribution in [0.5, 0.6) is 0 Å². The van der Waals surface area contributed by atoms with E-state index in [9.17, 15) is 5.11 Å². The smallest absolute Gasteiger partial charge is 0.0540 e. The maximum Gasteiger partial charge on any atom is 0.0540 e. The number of nitrogens with zero attached hydrogens (tertiary/aromatic N) is 1. The van der Waals surface area contributed by atoms with E-state index in [1.807, 2.05) is 12.1 Å². The van der Waals surface area contributed by atoms with E-state index >= 15 is 0 Å². The van der Waals surface area contributed by atoms with Crippen LogP contribution in [0.25, 0.3) is 0 Å². The molecule has 14 heavy (non-hydrogen) atoms. The molecule has 1 aliphatic rings. The summed E-state index contributed by atoms with van der Waals surface area (Å²) in [6, 6.07) is 4.01. The molecule has 0 bridgehead atoms. The Morgan fingerprint density at radius 1 is 1.43 bits per heavy atom. The van der Waals surface area contributed by atoms with E-state index < -0.39 is 0 Å². The number of aliphatic hydroxyl groups excluding tert-OH is 1. The second-order valence-corrected chi connectivity index (χ2v) is 3.95. The SMILES string of the molecule is OCC1(c2ccncc2)CCCNC1. The van der Waals surface area contributed by atoms with Crippen LogP contribution in [-0.2, 0) is 5.41 Å². The Balaban J connectivity index is 2.27. The molecule has 1 aliphatic heterocycles. The molecule has 1 atom stereocenters. The van der Waals surface area contributed by atoms with E-state index in [0.717, 1.165) is 25.9 Å². The van der Waals surface area contributed by atoms with Gasteiger partial charge in [0.15, 0.2) is 0 Å². The maximum atomic E-state index is 9.53. The van der Waals surface area contributed by atoms with Crippen molar-refractivity contribution in [1.29, 1.82) is 0 Å². The highest BCUT2D eigenvalue weighted by atomic mass is 16.3. The first-order valence-electron chi connectivity index (χ1n) is 5.09. The van der Waals surface area contributed by atoms with Gasteiger partial charge in [-0.25, -0.2) is 0 Å². The molecule has 1 saturated heterocycles. The molecule has 0 amide bonds. The Labute approximate surface area is 84.2 Å². The van der Waals surface area contributed by atoms with Crippen molar-refractivity contribution in [2.45, 2.75) is 18.3 Å². The monoisotopic (exact) mass is 192 g/mol. The van der Waals surface area contributed by atoms with Gasteiger partial charge in [-0.1, -0.05) is 0 Å². The highest BCUT2D eigenvalue weighted by molar-refractivity contribution is 5.24. The van der Waals surface area contributed by atoms with Gasteiger partial charge < -0.3 is 10.4 Å². The van der Waals surface area contributed by atoms with Gasteiger partial charge in [-0.15, -0.1) is 0 Å². The van der Waals surface area contributed by atoms with Crippen molar-refractivity contribution in [2.24, 2.45) is 0 Å². The van der Waals surface area contributed by atoms with Crippen LogP contribution in [0.1, 0.15) is 18.4 Å². The van der Waals surface area contributed by atoms with Crippen LogP contribution < -0.4 is 5.32 Å². The van der Waals surface area contributed by atoms with E-state index in [-0.39, 0.29) is 12.0 Å². The van der Waals surface area contributed by atoms with E-state index in [0.29, 0.717) is 0 Å². The number of hydrogen-bond acceptors (Lipinski definition) is 3. The predicted molar refractivity (Wildman–Crippen MR) is 55.1 cm³/mol. The second-order valence-electron chi connectivity index (χ2n) is 3.95. The fourth-order valence-corrected chi connectivity index (χ4v) is 2.15. The van der Waals surface area contributed by atoms with Gasteiger partial charge >= 0.3 is 0 Å². The molecule has 1 aromatic heterocycles. The zero-order valence-corrected chi connectivity index (χ0v) is 8.24. The van der Waals surface area contributed by atoms with E-state index in [4.69, 9.17) is 0 Å². The van der Waals surface area contributed by atoms with Crippen molar-refractivity contribution in [2.75, 3.05) is 19.7 Å². The molecule has 0 radical (unpaired) electrons. The predicted octanol–water partition coefficient (Wildman–Crippen LogP) is 0.695. The summed E-state index contributed by atoms with van der Waals surface area (Å²) >= 11 is 0. The third-order valence-corrected chi connectivity index (χ3v) is 3.07. The third-order valence-electron chi connectivity index (χ3n) is 3.07. The van der Waals surface area contributed by atoms with Gasteiger partial charge in [0.1, 0.15) is 0 Å². The minimum Gasteiger partial charge on any atom is -0.395 e. The molecule has 2 heterocycles. The van der Waals surface area contributed by atoms with Gasteiger partial charge in [-0.05, 0) is 37.1 Å². The zero-order chi connectivity index (χ0) is 9.86. The summed E-state index contributed by atoms with van der Waals surface area (Å²) in [4.78, 5) is 4.00. The second kappa shape index (κ2) is 4.07. The molecule has 0 spiro atoms. The molecule has 3 nitrogen and oxygen atoms in total. The van der Waals surface area contributed by atoms with Gasteiger partial charge in [-0.3, -0.25) is 4.98 Å². The van der Waals surface area contributed by atoms with Crippen molar-refractivity contribution in [3.05, 3.63) is 30.1 Å². The number of rotatable bonds is 2. The summed E-state index contributed by atoms with van der Waals surface area (Å²) < 4.78 is 0. The van der Waals surface area contributed by atoms with E-state index in [1.54, 1.807) is 12.4 Å². The molecule has 0 saturated carbocycles. The van der Waals surface area contributed by atoms with Gasteiger partial charge in [0.2, 0.25) is 0 Å². The van der Waals surface area contributed by atoms with E-state index in [2.05, 4.69) is 10.3 Å². The first-order chi connectivity index (χ1) is 6.87. The summed E-state index contributed by atoms with van der Waals surface area (Å²) in [7, 11) is 0. The van der Waals surface area contributed by atoms with Crippen LogP contribution in [0.4, 0.5) is 0 Å². The van der Waals surface area contributed by atoms with Gasteiger partial charge in [0.25, 0.3) is 0 Å². The van der Waals surface area contributed by atoms with Crippen LogP contribution in [-0.4, -0.2) is 29.8 Å². The minimum atomic E-state index is -0.0822. The molecule has 1 unspecified atom stereocenters. The zero-order valence-electron chi connectivity index (χ0n) is 8.24. The average molecular weight is 192 g/mol. The Kier molecular flexibility index (Phi) is 2.79. The van der Waals surface area contributed by atoms with Crippen molar-refractivity contribution in [3.8, 4) is 0 Å². The van der Waals surface area contributed by atoms with Gasteiger partial charge in [-0.2, -0.15) is 0 Å². The van der Waals surface area contributed by atoms with Crippen LogP contribution >= 0.6 is 0 Å². The number of nitrogens with one attached hydrogen (secondary N) is 1. The standard InChI is InChI=1S/C11H16N2O/c14-9-11(4-1-5-13-8-11)10-2-6-12-7-3-10/h2-3,6-7,13-14H,1,4-5,8-9H2. The lowest BCUT2D eigenvalue weighted by Crippen LogP contribution is -2.45. The molecule has 2 rings (SSSR count). The number of aromatic nitrogens is 1. The Bertz CT molecular complexity index is 281. The molecular formula is C11H16N2O. The summed E-state index contributed by atoms with van der Waals surface area (Å²) in [5.74, 6) is 0. The molecule has 1 fully saturated rings. The largest absolute Gasteiger partial charge is 0.395 e. The van der Waals surface area contributed by atoms with Crippen LogP contribution in [0, 0.1) is 0 Å². The molecule has 0 aliphatic carbocycles. The summed E-state index contributed by atoms with van der Waals surface area (Å²) in [6.45, 7) is 2.14. The molecule has 3 heteroatoms. The lowest BCUT2D eigenvalue weighted by atomic mass is 9.76. The fourth-order valence-electron chi connectivity index (χ4n) is 2.15. The Morgan fingerprint density at radius 3 is 2.79 bits per heavy atom. The molecule has 0 aromatic carbocycles. The van der Waals surface area contributed by atoms with Gasteiger partial charge in [0.05, 0.1) is 6.61 Å². The molecule has 2 N–H and O–H groups in total. The van der Waals surface area contributed by atoms with Crippen LogP contribution in [0.15, 0.2) is 24.5 Å². The highest BCUT2D eigenvalue weighted by Gasteiger charge is 2.32. The lowest BCUT2D eigenvalue weighted by Gasteiger charge is -2.36. The van der Waals surface area contributed by atoms with Crippen LogP contribution in [0.3, 0.4) is 0 Å². The summed E-state index contributed by atoms with van der Waals surface area (Å²) in [5, 5.41) is 12.9. The van der Waals surface area contributed by atoms with Gasteiger partial charge in [0, 0.05) is 24.4 Å². The maximum absolute atomic E-state index is 9.53. The number of pyridine rings is 1. The normalized spacial score (nSPS) is 27.5. The minimum absolute atomic E-state index is 0.0822. The van der Waals surface area contributed by atoms with Crippen molar-refractivity contribution in [3.63, 3.8) is 0 Å². The number of aliphatic hydroxyl groups is 1. The highest BCUT2D eigenvalue weighted by Crippen LogP contribution is 2.30. The quantitative estimate of drug-likeness (QED) is 0.725. The molecule has 76 valence electrons. The fraction of sp³-hybridized carbons (Fsp3) is 0.545. The van der Waals surface area contributed by atoms with E-state index in [1.165, 1.54) is 5.56 Å². The average Bonchev–Trinajstić information content (AvgIpc) is 2.31. The van der Waals surface area contributed by atoms with Crippen molar-refractivity contribution in [1.82, 2.24) is 10.3 Å². The molecular weight excluding hydrogens is 176 g/mol. The number of piperidine rings is 1. The van der Waals surface area contributed by atoms with Crippen molar-refractivity contribution >= 4 is 0 Å². The topological polar surface area (TPSA) is 45.2 Å². The third kappa shape index (κ3) is 1.65.